The van der Waals surface area contributed by atoms with E-state index in [9.17, 15) is 4.39 Å². The summed E-state index contributed by atoms with van der Waals surface area (Å²) in [7, 11) is 0. The molecule has 0 unspecified atom stereocenters. The number of rotatable bonds is 2. The van der Waals surface area contributed by atoms with Crippen LogP contribution in [0.25, 0.3) is 0 Å². The average Bonchev–Trinajstić information content (AvgIpc) is 2.03. The molecule has 0 heterocycles. The van der Waals surface area contributed by atoms with E-state index in [0.29, 0.717) is 6.54 Å². The number of benzene rings is 1. The maximum Gasteiger partial charge on any atom is 0.123 e. The molecule has 2 nitrogen and oxygen atoms in total. The van der Waals surface area contributed by atoms with E-state index >= 15 is 0 Å². The minimum Gasteiger partial charge on any atom is -0.329 e. The molecule has 0 amide bonds. The molecule has 11 heavy (non-hydrogen) atoms. The fourth-order valence-electron chi connectivity index (χ4n) is 0.873. The number of halogens is 1. The summed E-state index contributed by atoms with van der Waals surface area (Å²) in [5.41, 5.74) is 11.6. The van der Waals surface area contributed by atoms with Gasteiger partial charge in [-0.3, -0.25) is 0 Å². The molecule has 1 aromatic rings. The second-order valence-electron chi connectivity index (χ2n) is 2.40. The van der Waals surface area contributed by atoms with Gasteiger partial charge in [0.05, 0.1) is 0 Å². The third-order valence-corrected chi connectivity index (χ3v) is 1.53. The largest absolute Gasteiger partial charge is 0.329 e. The lowest BCUT2D eigenvalue weighted by atomic mass is 10.1. The molecule has 0 spiro atoms. The van der Waals surface area contributed by atoms with Gasteiger partial charge < -0.3 is 11.5 Å². The van der Waals surface area contributed by atoms with Gasteiger partial charge in [-0.25, -0.2) is 4.39 Å². The molecule has 0 saturated carbocycles. The molecule has 3 heteroatoms. The van der Waals surface area contributed by atoms with Gasteiger partial charge >= 0.3 is 0 Å². The van der Waals surface area contributed by atoms with Crippen LogP contribution in [-0.2, 0) is 0 Å². The maximum absolute atomic E-state index is 12.6. The third-order valence-electron chi connectivity index (χ3n) is 1.53. The molecule has 0 aromatic heterocycles. The van der Waals surface area contributed by atoms with Gasteiger partial charge in [0.2, 0.25) is 0 Å². The zero-order valence-corrected chi connectivity index (χ0v) is 6.13. The number of hydrogen-bond acceptors (Lipinski definition) is 2. The molecule has 4 N–H and O–H groups in total. The maximum atomic E-state index is 12.6. The third kappa shape index (κ3) is 2.00. The molecule has 1 aromatic carbocycles. The van der Waals surface area contributed by atoms with Gasteiger partial charge in [0.15, 0.2) is 0 Å². The topological polar surface area (TPSA) is 52.0 Å². The zero-order chi connectivity index (χ0) is 8.27. The molecule has 0 bridgehead atoms. The van der Waals surface area contributed by atoms with E-state index in [0.717, 1.165) is 5.56 Å². The Labute approximate surface area is 65.0 Å². The Kier molecular flexibility index (Phi) is 2.57. The lowest BCUT2D eigenvalue weighted by Gasteiger charge is -2.07. The molecular weight excluding hydrogens is 143 g/mol. The zero-order valence-electron chi connectivity index (χ0n) is 6.13. The quantitative estimate of drug-likeness (QED) is 0.661. The van der Waals surface area contributed by atoms with Crippen LogP contribution >= 0.6 is 0 Å². The first-order valence-electron chi connectivity index (χ1n) is 3.45. The van der Waals surface area contributed by atoms with Crippen LogP contribution in [0.3, 0.4) is 0 Å². The van der Waals surface area contributed by atoms with E-state index in [1.165, 1.54) is 12.1 Å². The second-order valence-corrected chi connectivity index (χ2v) is 2.40. The monoisotopic (exact) mass is 154 g/mol. The molecule has 0 aliphatic heterocycles. The van der Waals surface area contributed by atoms with Gasteiger partial charge in [0, 0.05) is 12.6 Å². The molecular formula is C8H11FN2. The highest BCUT2D eigenvalue weighted by Crippen LogP contribution is 2.09. The highest BCUT2D eigenvalue weighted by atomic mass is 19.1. The van der Waals surface area contributed by atoms with E-state index in [2.05, 4.69) is 0 Å². The van der Waals surface area contributed by atoms with Crippen molar-refractivity contribution in [3.05, 3.63) is 35.6 Å². The highest BCUT2D eigenvalue weighted by Gasteiger charge is 2.02. The van der Waals surface area contributed by atoms with Gasteiger partial charge in [0.1, 0.15) is 5.82 Å². The highest BCUT2D eigenvalue weighted by molar-refractivity contribution is 5.19. The molecule has 1 rings (SSSR count). The standard InChI is InChI=1S/C8H11FN2/c9-7-3-1-2-6(4-7)8(11)5-10/h1-4,8H,5,10-11H2/t8-/m0/s1. The van der Waals surface area contributed by atoms with Crippen molar-refractivity contribution >= 4 is 0 Å². The summed E-state index contributed by atoms with van der Waals surface area (Å²) in [5.74, 6) is -0.272. The number of hydrogen-bond donors (Lipinski definition) is 2. The Hall–Kier alpha value is -0.930. The summed E-state index contributed by atoms with van der Waals surface area (Å²) in [5, 5.41) is 0. The van der Waals surface area contributed by atoms with Crippen LogP contribution in [0.5, 0.6) is 0 Å². The molecule has 0 saturated heterocycles. The normalized spacial score (nSPS) is 13.0. The summed E-state index contributed by atoms with van der Waals surface area (Å²) in [6, 6.07) is 5.91. The molecule has 0 radical (unpaired) electrons. The lowest BCUT2D eigenvalue weighted by Crippen LogP contribution is -2.20. The molecule has 0 fully saturated rings. The minimum atomic E-state index is -0.272. The SMILES string of the molecule is NC[C@H](N)c1cccc(F)c1. The van der Waals surface area contributed by atoms with Crippen molar-refractivity contribution in [2.45, 2.75) is 6.04 Å². The van der Waals surface area contributed by atoms with E-state index in [4.69, 9.17) is 11.5 Å². The van der Waals surface area contributed by atoms with Gasteiger partial charge in [-0.15, -0.1) is 0 Å². The Morgan fingerprint density at radius 2 is 2.18 bits per heavy atom. The van der Waals surface area contributed by atoms with Crippen molar-refractivity contribution in [1.29, 1.82) is 0 Å². The number of nitrogens with two attached hydrogens (primary N) is 2. The Bertz CT molecular complexity index is 237. The Balaban J connectivity index is 2.86. The van der Waals surface area contributed by atoms with Gasteiger partial charge in [-0.05, 0) is 17.7 Å². The molecule has 0 aliphatic carbocycles. The fraction of sp³-hybridized carbons (Fsp3) is 0.250. The van der Waals surface area contributed by atoms with Gasteiger partial charge in [0.25, 0.3) is 0 Å². The van der Waals surface area contributed by atoms with Crippen LogP contribution in [0.4, 0.5) is 4.39 Å². The summed E-state index contributed by atoms with van der Waals surface area (Å²) in [4.78, 5) is 0. The summed E-state index contributed by atoms with van der Waals surface area (Å²) >= 11 is 0. The van der Waals surface area contributed by atoms with Crippen molar-refractivity contribution in [2.75, 3.05) is 6.54 Å². The van der Waals surface area contributed by atoms with Gasteiger partial charge in [-0.2, -0.15) is 0 Å². The van der Waals surface area contributed by atoms with Crippen LogP contribution in [0.2, 0.25) is 0 Å². The van der Waals surface area contributed by atoms with E-state index in [1.54, 1.807) is 12.1 Å². The van der Waals surface area contributed by atoms with Gasteiger partial charge in [-0.1, -0.05) is 12.1 Å². The predicted molar refractivity (Wildman–Crippen MR) is 42.4 cm³/mol. The Morgan fingerprint density at radius 3 is 2.73 bits per heavy atom. The van der Waals surface area contributed by atoms with Crippen molar-refractivity contribution in [2.24, 2.45) is 11.5 Å². The Morgan fingerprint density at radius 1 is 1.45 bits per heavy atom. The van der Waals surface area contributed by atoms with Crippen molar-refractivity contribution in [3.8, 4) is 0 Å². The van der Waals surface area contributed by atoms with Crippen LogP contribution in [0.15, 0.2) is 24.3 Å². The van der Waals surface area contributed by atoms with Crippen LogP contribution < -0.4 is 11.5 Å². The average molecular weight is 154 g/mol. The molecule has 1 atom stereocenters. The van der Waals surface area contributed by atoms with Crippen LogP contribution in [0.1, 0.15) is 11.6 Å². The van der Waals surface area contributed by atoms with E-state index in [-0.39, 0.29) is 11.9 Å². The smallest absolute Gasteiger partial charge is 0.123 e. The van der Waals surface area contributed by atoms with Crippen LogP contribution in [0, 0.1) is 5.82 Å². The minimum absolute atomic E-state index is 0.259. The summed E-state index contributed by atoms with van der Waals surface area (Å²) in [6.45, 7) is 0.337. The van der Waals surface area contributed by atoms with Crippen LogP contribution in [-0.4, -0.2) is 6.54 Å². The first-order valence-corrected chi connectivity index (χ1v) is 3.45. The fourth-order valence-corrected chi connectivity index (χ4v) is 0.873. The predicted octanol–water partition coefficient (Wildman–Crippen LogP) is 0.784. The van der Waals surface area contributed by atoms with Crippen molar-refractivity contribution < 1.29 is 4.39 Å². The second kappa shape index (κ2) is 3.46. The summed E-state index contributed by atoms with van der Waals surface area (Å²) in [6.07, 6.45) is 0. The van der Waals surface area contributed by atoms with E-state index < -0.39 is 0 Å². The lowest BCUT2D eigenvalue weighted by molar-refractivity contribution is 0.620. The molecule has 60 valence electrons. The van der Waals surface area contributed by atoms with Crippen molar-refractivity contribution in [3.63, 3.8) is 0 Å². The van der Waals surface area contributed by atoms with Crippen molar-refractivity contribution in [1.82, 2.24) is 0 Å². The first kappa shape index (κ1) is 8.17. The van der Waals surface area contributed by atoms with E-state index in [1.807, 2.05) is 0 Å². The molecule has 0 aliphatic rings. The first-order chi connectivity index (χ1) is 5.24. The summed E-state index contributed by atoms with van der Waals surface area (Å²) < 4.78 is 12.6.